The summed E-state index contributed by atoms with van der Waals surface area (Å²) >= 11 is 1.73. The van der Waals surface area contributed by atoms with Crippen LogP contribution in [-0.4, -0.2) is 9.55 Å². The van der Waals surface area contributed by atoms with E-state index in [1.54, 1.807) is 11.3 Å². The number of imidazole rings is 1. The predicted octanol–water partition coefficient (Wildman–Crippen LogP) is 3.35. The van der Waals surface area contributed by atoms with Crippen LogP contribution < -0.4 is 5.73 Å². The molecule has 0 saturated carbocycles. The summed E-state index contributed by atoms with van der Waals surface area (Å²) in [6.45, 7) is 5.02. The van der Waals surface area contributed by atoms with E-state index in [9.17, 15) is 0 Å². The lowest BCUT2D eigenvalue weighted by Crippen LogP contribution is -2.05. The zero-order chi connectivity index (χ0) is 12.7. The van der Waals surface area contributed by atoms with Crippen LogP contribution in [0.15, 0.2) is 29.0 Å². The van der Waals surface area contributed by atoms with Crippen LogP contribution in [0.25, 0.3) is 11.0 Å². The van der Waals surface area contributed by atoms with Crippen LogP contribution in [0.2, 0.25) is 0 Å². The molecular weight excluding hydrogens is 242 g/mol. The van der Waals surface area contributed by atoms with Gasteiger partial charge >= 0.3 is 0 Å². The number of nitrogen functional groups attached to an aromatic ring is 1. The number of aryl methyl sites for hydroxylation is 2. The van der Waals surface area contributed by atoms with Gasteiger partial charge in [0.15, 0.2) is 0 Å². The maximum Gasteiger partial charge on any atom is 0.201 e. The van der Waals surface area contributed by atoms with Gasteiger partial charge in [0, 0.05) is 0 Å². The number of fused-ring (bicyclic) bond motifs is 1. The fraction of sp³-hybridized carbons (Fsp3) is 0.214. The summed E-state index contributed by atoms with van der Waals surface area (Å²) in [5, 5.41) is 4.34. The number of anilines is 1. The van der Waals surface area contributed by atoms with Crippen molar-refractivity contribution in [3.05, 3.63) is 45.6 Å². The Morgan fingerprint density at radius 2 is 2.06 bits per heavy atom. The number of nitrogens with zero attached hydrogens (tertiary/aromatic N) is 2. The van der Waals surface area contributed by atoms with Crippen molar-refractivity contribution in [3.63, 3.8) is 0 Å². The molecule has 4 heteroatoms. The lowest BCUT2D eigenvalue weighted by molar-refractivity contribution is 0.834. The van der Waals surface area contributed by atoms with Crippen molar-refractivity contribution in [2.75, 3.05) is 5.73 Å². The molecule has 0 aliphatic heterocycles. The van der Waals surface area contributed by atoms with Gasteiger partial charge in [0.05, 0.1) is 17.6 Å². The van der Waals surface area contributed by atoms with Gasteiger partial charge in [-0.3, -0.25) is 0 Å². The van der Waals surface area contributed by atoms with Crippen LogP contribution in [0, 0.1) is 13.8 Å². The monoisotopic (exact) mass is 257 g/mol. The minimum Gasteiger partial charge on any atom is -0.369 e. The summed E-state index contributed by atoms with van der Waals surface area (Å²) in [7, 11) is 0. The Morgan fingerprint density at radius 1 is 1.22 bits per heavy atom. The topological polar surface area (TPSA) is 43.8 Å². The van der Waals surface area contributed by atoms with Gasteiger partial charge in [-0.05, 0) is 47.4 Å². The molecule has 0 amide bonds. The van der Waals surface area contributed by atoms with E-state index in [4.69, 9.17) is 5.73 Å². The minimum absolute atomic E-state index is 0.588. The van der Waals surface area contributed by atoms with Crippen molar-refractivity contribution in [2.24, 2.45) is 0 Å². The van der Waals surface area contributed by atoms with Gasteiger partial charge in [0.25, 0.3) is 0 Å². The van der Waals surface area contributed by atoms with E-state index >= 15 is 0 Å². The molecule has 0 unspecified atom stereocenters. The quantitative estimate of drug-likeness (QED) is 0.765. The highest BCUT2D eigenvalue weighted by Gasteiger charge is 2.11. The summed E-state index contributed by atoms with van der Waals surface area (Å²) in [5.74, 6) is 0.588. The third-order valence-corrected chi connectivity index (χ3v) is 4.20. The Hall–Kier alpha value is -1.81. The van der Waals surface area contributed by atoms with E-state index in [1.165, 1.54) is 16.7 Å². The second kappa shape index (κ2) is 4.14. The second-order valence-electron chi connectivity index (χ2n) is 4.58. The first-order valence-electron chi connectivity index (χ1n) is 5.90. The van der Waals surface area contributed by atoms with Crippen LogP contribution in [0.4, 0.5) is 5.95 Å². The Kier molecular flexibility index (Phi) is 2.59. The Labute approximate surface area is 110 Å². The molecule has 0 aliphatic rings. The van der Waals surface area contributed by atoms with Crippen LogP contribution in [0.1, 0.15) is 16.7 Å². The number of thiophene rings is 1. The van der Waals surface area contributed by atoms with Crippen LogP contribution in [0.5, 0.6) is 0 Å². The number of hydrogen-bond acceptors (Lipinski definition) is 3. The molecule has 0 atom stereocenters. The molecule has 3 nitrogen and oxygen atoms in total. The molecule has 0 radical (unpaired) electrons. The zero-order valence-corrected chi connectivity index (χ0v) is 11.3. The predicted molar refractivity (Wildman–Crippen MR) is 77.0 cm³/mol. The first kappa shape index (κ1) is 11.3. The molecule has 0 aliphatic carbocycles. The summed E-state index contributed by atoms with van der Waals surface area (Å²) in [5.41, 5.74) is 12.0. The van der Waals surface area contributed by atoms with Crippen LogP contribution >= 0.6 is 11.3 Å². The first-order chi connectivity index (χ1) is 8.66. The maximum atomic E-state index is 6.04. The van der Waals surface area contributed by atoms with E-state index in [-0.39, 0.29) is 0 Å². The van der Waals surface area contributed by atoms with E-state index in [2.05, 4.69) is 40.2 Å². The van der Waals surface area contributed by atoms with Crippen molar-refractivity contribution in [2.45, 2.75) is 20.4 Å². The molecule has 2 N–H and O–H groups in total. The van der Waals surface area contributed by atoms with Gasteiger partial charge in [-0.25, -0.2) is 4.98 Å². The number of rotatable bonds is 2. The molecule has 3 rings (SSSR count). The number of aromatic nitrogens is 2. The molecule has 0 fully saturated rings. The number of nitrogens with two attached hydrogens (primary N) is 1. The third kappa shape index (κ3) is 1.69. The average molecular weight is 257 g/mol. The second-order valence-corrected chi connectivity index (χ2v) is 5.32. The van der Waals surface area contributed by atoms with Crippen molar-refractivity contribution in [3.8, 4) is 0 Å². The molecule has 0 saturated heterocycles. The third-order valence-electron chi connectivity index (χ3n) is 3.29. The first-order valence-corrected chi connectivity index (χ1v) is 6.84. The lowest BCUT2D eigenvalue weighted by atomic mass is 10.2. The normalized spacial score (nSPS) is 11.2. The standard InChI is InChI=1S/C14H15N3S/c1-9-4-3-5-12-13(9)17(14(15)16-12)6-11-8-18-7-10(11)2/h3-5,7-8H,6H2,1-2H3,(H2,15,16). The van der Waals surface area contributed by atoms with Crippen molar-refractivity contribution < 1.29 is 0 Å². The highest BCUT2D eigenvalue weighted by atomic mass is 32.1. The van der Waals surface area contributed by atoms with Gasteiger partial charge in [-0.15, -0.1) is 0 Å². The fourth-order valence-electron chi connectivity index (χ4n) is 2.26. The Bertz CT molecular complexity index is 709. The largest absolute Gasteiger partial charge is 0.369 e. The van der Waals surface area contributed by atoms with Crippen molar-refractivity contribution in [1.82, 2.24) is 9.55 Å². The van der Waals surface area contributed by atoms with E-state index in [0.29, 0.717) is 5.95 Å². The van der Waals surface area contributed by atoms with Crippen LogP contribution in [-0.2, 0) is 6.54 Å². The smallest absolute Gasteiger partial charge is 0.201 e. The zero-order valence-electron chi connectivity index (χ0n) is 10.5. The molecule has 0 spiro atoms. The summed E-state index contributed by atoms with van der Waals surface area (Å²) in [6, 6.07) is 6.13. The average Bonchev–Trinajstić information content (AvgIpc) is 2.86. The Morgan fingerprint density at radius 3 is 2.78 bits per heavy atom. The molecular formula is C14H15N3S. The van der Waals surface area contributed by atoms with Crippen molar-refractivity contribution >= 4 is 28.3 Å². The Balaban J connectivity index is 2.17. The summed E-state index contributed by atoms with van der Waals surface area (Å²) in [4.78, 5) is 4.43. The highest BCUT2D eigenvalue weighted by molar-refractivity contribution is 7.08. The van der Waals surface area contributed by atoms with Gasteiger partial charge < -0.3 is 10.3 Å². The van der Waals surface area contributed by atoms with E-state index in [1.807, 2.05) is 12.1 Å². The molecule has 2 heterocycles. The van der Waals surface area contributed by atoms with Gasteiger partial charge in [-0.2, -0.15) is 11.3 Å². The van der Waals surface area contributed by atoms with Gasteiger partial charge in [0.2, 0.25) is 5.95 Å². The fourth-order valence-corrected chi connectivity index (χ4v) is 3.11. The maximum absolute atomic E-state index is 6.04. The highest BCUT2D eigenvalue weighted by Crippen LogP contribution is 2.24. The molecule has 0 bridgehead atoms. The van der Waals surface area contributed by atoms with Crippen LogP contribution in [0.3, 0.4) is 0 Å². The molecule has 1 aromatic carbocycles. The summed E-state index contributed by atoms with van der Waals surface area (Å²) < 4.78 is 2.10. The number of hydrogen-bond donors (Lipinski definition) is 1. The molecule has 2 aromatic heterocycles. The summed E-state index contributed by atoms with van der Waals surface area (Å²) in [6.07, 6.45) is 0. The molecule has 18 heavy (non-hydrogen) atoms. The van der Waals surface area contributed by atoms with Crippen molar-refractivity contribution in [1.29, 1.82) is 0 Å². The molecule has 92 valence electrons. The lowest BCUT2D eigenvalue weighted by Gasteiger charge is -2.07. The molecule has 3 aromatic rings. The minimum atomic E-state index is 0.588. The van der Waals surface area contributed by atoms with E-state index < -0.39 is 0 Å². The van der Waals surface area contributed by atoms with Gasteiger partial charge in [-0.1, -0.05) is 12.1 Å². The van der Waals surface area contributed by atoms with E-state index in [0.717, 1.165) is 17.6 Å². The van der Waals surface area contributed by atoms with Gasteiger partial charge in [0.1, 0.15) is 0 Å². The number of benzene rings is 1. The number of para-hydroxylation sites is 1. The SMILES string of the molecule is Cc1cscc1Cn1c(N)nc2cccc(C)c21.